The smallest absolute Gasteiger partial charge is 0.328 e. The second kappa shape index (κ2) is 32.6. The first kappa shape index (κ1) is 66.8. The molecule has 10 amide bonds. The van der Waals surface area contributed by atoms with Crippen LogP contribution in [0.5, 0.6) is 11.5 Å². The van der Waals surface area contributed by atoms with Gasteiger partial charge in [0.2, 0.25) is 59.1 Å². The van der Waals surface area contributed by atoms with Crippen LogP contribution in [0.1, 0.15) is 96.1 Å². The minimum atomic E-state index is -2.00. The van der Waals surface area contributed by atoms with Crippen LogP contribution in [0.25, 0.3) is 0 Å². The number of nitrogens with two attached hydrogens (primary N) is 4. The van der Waals surface area contributed by atoms with Crippen molar-refractivity contribution in [2.24, 2.45) is 28.9 Å². The molecule has 1 aliphatic rings. The van der Waals surface area contributed by atoms with Gasteiger partial charge in [0.1, 0.15) is 53.8 Å². The Morgan fingerprint density at radius 2 is 1.10 bits per heavy atom. The van der Waals surface area contributed by atoms with Crippen molar-refractivity contribution in [1.82, 2.24) is 42.1 Å². The third-order valence-electron chi connectivity index (χ3n) is 13.3. The number of aliphatic hydroxyl groups excluding tert-OH is 1. The van der Waals surface area contributed by atoms with E-state index in [1.54, 1.807) is 13.8 Å². The van der Waals surface area contributed by atoms with Crippen LogP contribution >= 0.6 is 0 Å². The number of amides is 10. The number of nitrogens with one attached hydrogen (secondary N) is 7. The number of hydrogen-bond acceptors (Lipinski definition) is 17. The summed E-state index contributed by atoms with van der Waals surface area (Å²) in [5.74, 6) is -14.0. The molecule has 2 aromatic carbocycles. The molecule has 1 heterocycles. The molecule has 0 radical (unpaired) electrons. The normalized spacial score (nSPS) is 16.7. The van der Waals surface area contributed by atoms with Crippen LogP contribution < -0.4 is 60.2 Å². The number of carbonyl (C=O) groups excluding carboxylic acids is 10. The van der Waals surface area contributed by atoms with Crippen molar-refractivity contribution in [2.75, 3.05) is 13.1 Å². The zero-order valence-corrected chi connectivity index (χ0v) is 45.3. The van der Waals surface area contributed by atoms with Gasteiger partial charge in [0.05, 0.1) is 25.0 Å². The lowest BCUT2D eigenvalue weighted by Crippen LogP contribution is -2.62. The molecule has 81 heavy (non-hydrogen) atoms. The molecular formula is C52H76N12O17. The van der Waals surface area contributed by atoms with Crippen molar-refractivity contribution in [2.45, 2.75) is 158 Å². The minimum Gasteiger partial charge on any atom is -0.508 e. The number of hydrogen-bond donors (Lipinski definition) is 16. The Bertz CT molecular complexity index is 2550. The predicted molar refractivity (Wildman–Crippen MR) is 286 cm³/mol. The number of phenols is 2. The number of carboxylic acids is 2. The summed E-state index contributed by atoms with van der Waals surface area (Å²) < 4.78 is 0. The number of carboxylic acid groups (broad SMARTS) is 2. The highest BCUT2D eigenvalue weighted by molar-refractivity contribution is 6.00. The molecule has 446 valence electrons. The molecule has 11 atom stereocenters. The molecule has 1 aliphatic heterocycles. The molecule has 0 saturated carbocycles. The summed E-state index contributed by atoms with van der Waals surface area (Å²) in [6, 6.07) is -3.08. The Balaban J connectivity index is 1.99. The van der Waals surface area contributed by atoms with Crippen LogP contribution in [0.4, 0.5) is 0 Å². The lowest BCUT2D eigenvalue weighted by atomic mass is 9.96. The van der Waals surface area contributed by atoms with E-state index in [1.807, 2.05) is 0 Å². The van der Waals surface area contributed by atoms with E-state index in [9.17, 15) is 83.1 Å². The van der Waals surface area contributed by atoms with Crippen molar-refractivity contribution < 1.29 is 83.1 Å². The molecule has 0 spiro atoms. The number of aliphatic carboxylic acids is 2. The van der Waals surface area contributed by atoms with E-state index in [2.05, 4.69) is 37.2 Å². The number of carbonyl (C=O) groups is 12. The summed E-state index contributed by atoms with van der Waals surface area (Å²) in [5.41, 5.74) is 22.7. The van der Waals surface area contributed by atoms with Crippen LogP contribution in [-0.2, 0) is 70.4 Å². The number of rotatable bonds is 34. The predicted octanol–water partition coefficient (Wildman–Crippen LogP) is -4.15. The molecule has 1 fully saturated rings. The number of unbranched alkanes of at least 4 members (excludes halogenated alkanes) is 1. The van der Waals surface area contributed by atoms with Gasteiger partial charge in [-0.3, -0.25) is 52.7 Å². The fourth-order valence-electron chi connectivity index (χ4n) is 8.58. The fraction of sp³-hybridized carbons (Fsp3) is 0.538. The maximum Gasteiger partial charge on any atom is 0.328 e. The van der Waals surface area contributed by atoms with Gasteiger partial charge in [0.15, 0.2) is 6.04 Å². The van der Waals surface area contributed by atoms with Gasteiger partial charge in [-0.25, -0.2) is 4.79 Å². The summed E-state index contributed by atoms with van der Waals surface area (Å²) in [5, 5.41) is 66.4. The number of aliphatic hydroxyl groups is 1. The number of benzene rings is 2. The highest BCUT2D eigenvalue weighted by Gasteiger charge is 2.41. The molecular weight excluding hydrogens is 1060 g/mol. The van der Waals surface area contributed by atoms with Gasteiger partial charge in [-0.15, -0.1) is 0 Å². The van der Waals surface area contributed by atoms with E-state index < -0.39 is 150 Å². The molecule has 29 nitrogen and oxygen atoms in total. The van der Waals surface area contributed by atoms with Gasteiger partial charge in [-0.05, 0) is 93.3 Å². The first-order valence-corrected chi connectivity index (χ1v) is 26.3. The monoisotopic (exact) mass is 1140 g/mol. The molecule has 0 aromatic heterocycles. The highest BCUT2D eigenvalue weighted by Crippen LogP contribution is 2.22. The molecule has 0 aliphatic carbocycles. The summed E-state index contributed by atoms with van der Waals surface area (Å²) in [6.45, 7) is 4.70. The topological polar surface area (TPSA) is 498 Å². The van der Waals surface area contributed by atoms with E-state index in [-0.39, 0.29) is 69.5 Å². The van der Waals surface area contributed by atoms with Crippen molar-refractivity contribution >= 4 is 71.0 Å². The zero-order chi connectivity index (χ0) is 60.7. The van der Waals surface area contributed by atoms with Gasteiger partial charge in [0, 0.05) is 25.8 Å². The average molecular weight is 1140 g/mol. The van der Waals surface area contributed by atoms with Gasteiger partial charge < -0.3 is 90.6 Å². The zero-order valence-electron chi connectivity index (χ0n) is 45.3. The van der Waals surface area contributed by atoms with Crippen LogP contribution in [-0.4, -0.2) is 175 Å². The Hall–Kier alpha value is -8.44. The molecule has 2 aromatic rings. The van der Waals surface area contributed by atoms with Gasteiger partial charge in [0.25, 0.3) is 0 Å². The van der Waals surface area contributed by atoms with Crippen molar-refractivity contribution in [3.8, 4) is 11.5 Å². The quantitative estimate of drug-likeness (QED) is 0.0296. The van der Waals surface area contributed by atoms with Crippen LogP contribution in [0.2, 0.25) is 0 Å². The highest BCUT2D eigenvalue weighted by atomic mass is 16.4. The standard InChI is InChI=1S/C52H76N12O17/c1-4-26(2)42(62-48(76)34(22-28-10-14-30(66)15-11-28)59-47(75)36(25-41(70)71)60-46(74)35(24-40(56)69)58-44(72)32(54)18-19-39(55)68)50(78)61-37(23-29-12-16-31(67)17-13-29)51(79)64-21-7-9-38(64)49(77)57-33(8-5-6-20-53)45(73)63-43(27(3)65)52(80)81/h10-17,26-27,32-38,42-43,65-67H,4-9,18-25,53-54H2,1-3H3,(H2,55,68)(H2,56,69)(H,57,77)(H,58,72)(H,59,75)(H,60,74)(H,61,78)(H,62,76)(H,63,73)(H,70,71)(H,80,81)/t26-,27+,32-,33-,34-,35-,36-,37-,38-,42-,43-/m0/s1. The summed E-state index contributed by atoms with van der Waals surface area (Å²) >= 11 is 0. The maximum atomic E-state index is 14.8. The van der Waals surface area contributed by atoms with Crippen LogP contribution in [0.15, 0.2) is 48.5 Å². The largest absolute Gasteiger partial charge is 0.508 e. The van der Waals surface area contributed by atoms with Crippen molar-refractivity contribution in [3.05, 3.63) is 59.7 Å². The lowest BCUT2D eigenvalue weighted by molar-refractivity contribution is -0.146. The number of primary amides is 2. The molecule has 0 bridgehead atoms. The van der Waals surface area contributed by atoms with Gasteiger partial charge in [-0.1, -0.05) is 44.5 Å². The number of phenolic OH excluding ortho intramolecular Hbond substituents is 2. The third-order valence-corrected chi connectivity index (χ3v) is 13.3. The third kappa shape index (κ3) is 22.0. The van der Waals surface area contributed by atoms with E-state index in [0.717, 1.165) is 6.92 Å². The summed E-state index contributed by atoms with van der Waals surface area (Å²) in [6.07, 6.45) is -3.23. The molecule has 0 unspecified atom stereocenters. The molecule has 3 rings (SSSR count). The average Bonchev–Trinajstić information content (AvgIpc) is 3.92. The van der Waals surface area contributed by atoms with Crippen LogP contribution in [0.3, 0.4) is 0 Å². The number of likely N-dealkylation sites (tertiary alicyclic amines) is 1. The first-order chi connectivity index (χ1) is 38.1. The summed E-state index contributed by atoms with van der Waals surface area (Å²) in [4.78, 5) is 160. The van der Waals surface area contributed by atoms with Gasteiger partial charge in [-0.2, -0.15) is 0 Å². The Morgan fingerprint density at radius 3 is 1.60 bits per heavy atom. The Kier molecular flexibility index (Phi) is 26.9. The van der Waals surface area contributed by atoms with Crippen LogP contribution in [0, 0.1) is 5.92 Å². The second-order valence-corrected chi connectivity index (χ2v) is 19.8. The Morgan fingerprint density at radius 1 is 0.605 bits per heavy atom. The first-order valence-electron chi connectivity index (χ1n) is 26.3. The van der Waals surface area contributed by atoms with Gasteiger partial charge >= 0.3 is 11.9 Å². The molecule has 20 N–H and O–H groups in total. The molecule has 1 saturated heterocycles. The fourth-order valence-corrected chi connectivity index (χ4v) is 8.58. The van der Waals surface area contributed by atoms with E-state index in [0.29, 0.717) is 30.4 Å². The minimum absolute atomic E-state index is 0.00647. The second-order valence-electron chi connectivity index (χ2n) is 19.8. The van der Waals surface area contributed by atoms with E-state index >= 15 is 0 Å². The molecule has 29 heteroatoms. The number of nitrogens with zero attached hydrogens (tertiary/aromatic N) is 1. The summed E-state index contributed by atoms with van der Waals surface area (Å²) in [7, 11) is 0. The lowest BCUT2D eigenvalue weighted by Gasteiger charge is -2.32. The Labute approximate surface area is 466 Å². The number of aromatic hydroxyl groups is 2. The van der Waals surface area contributed by atoms with E-state index in [1.165, 1.54) is 53.4 Å². The maximum absolute atomic E-state index is 14.8. The SMILES string of the molecule is CC[C@H](C)[C@H](NC(=O)[C@H](Cc1ccc(O)cc1)NC(=O)[C@H](CC(=O)O)NC(=O)[C@H](CC(N)=O)NC(=O)[C@@H](N)CCC(N)=O)C(=O)N[C@@H](Cc1ccc(O)cc1)C(=O)N1CCC[C@H]1C(=O)N[C@@H](CCCCN)C(=O)N[C@H](C(=O)O)[C@@H](C)O. The van der Waals surface area contributed by atoms with E-state index in [4.69, 9.17) is 22.9 Å². The van der Waals surface area contributed by atoms with Crippen molar-refractivity contribution in [3.63, 3.8) is 0 Å². The van der Waals surface area contributed by atoms with Crippen molar-refractivity contribution in [1.29, 1.82) is 0 Å².